The Morgan fingerprint density at radius 3 is 2.27 bits per heavy atom. The van der Waals surface area contributed by atoms with E-state index in [1.54, 1.807) is 0 Å². The Balaban J connectivity index is 1.06. The quantitative estimate of drug-likeness (QED) is 0.166. The van der Waals surface area contributed by atoms with Crippen LogP contribution in [0.15, 0.2) is 160 Å². The third-order valence-electron chi connectivity index (χ3n) is 9.99. The Hall–Kier alpha value is -4.75. The molecule has 5 aliphatic rings. The second kappa shape index (κ2) is 13.3. The van der Waals surface area contributed by atoms with Crippen molar-refractivity contribution in [1.82, 2.24) is 5.32 Å². The van der Waals surface area contributed by atoms with Gasteiger partial charge in [-0.1, -0.05) is 48.6 Å². The van der Waals surface area contributed by atoms with E-state index in [9.17, 15) is 0 Å². The van der Waals surface area contributed by atoms with Crippen LogP contribution < -0.4 is 26.5 Å². The number of hydrogen-bond acceptors (Lipinski definition) is 4. The van der Waals surface area contributed by atoms with Crippen molar-refractivity contribution in [2.24, 2.45) is 21.8 Å². The van der Waals surface area contributed by atoms with Crippen LogP contribution in [0.25, 0.3) is 42.2 Å². The van der Waals surface area contributed by atoms with E-state index < -0.39 is 0 Å². The molecule has 3 unspecified atom stereocenters. The second-order valence-electron chi connectivity index (χ2n) is 13.1. The van der Waals surface area contributed by atoms with Crippen molar-refractivity contribution in [2.45, 2.75) is 31.8 Å². The standard InChI is InChI=1S/C44H37IN3O/c1-3-11-32(12-4-1)42-46-43(33-13-5-2-6-14-33)48-44(47-42)34-24-20-30(21-25-34)36-27-26-35(40-37-15-7-8-17-39(37)49-41(36)40)29-18-22-31(23-19-29)38-16-9-10-28-45-38/h1-11,13,15-20,22-24,26-27,32-33,42H,12,14,21,25,28H2,(H,46,47,48)/q-1. The zero-order valence-electron chi connectivity index (χ0n) is 27.2. The number of para-hydroxylation sites is 1. The van der Waals surface area contributed by atoms with Gasteiger partial charge in [0, 0.05) is 11.8 Å². The first-order valence-electron chi connectivity index (χ1n) is 17.3. The van der Waals surface area contributed by atoms with Gasteiger partial charge in [-0.05, 0) is 18.4 Å². The van der Waals surface area contributed by atoms with Crippen molar-refractivity contribution < 1.29 is 25.6 Å². The fraction of sp³-hybridized carbons (Fsp3) is 0.182. The average Bonchev–Trinajstić information content (AvgIpc) is 3.58. The molecule has 3 aromatic carbocycles. The minimum absolute atomic E-state index is 0.0488. The molecule has 0 saturated carbocycles. The van der Waals surface area contributed by atoms with Crippen LogP contribution in [0, 0.1) is 11.8 Å². The molecule has 4 aromatic rings. The van der Waals surface area contributed by atoms with E-state index in [0.717, 1.165) is 53.9 Å². The van der Waals surface area contributed by atoms with E-state index in [4.69, 9.17) is 14.4 Å². The van der Waals surface area contributed by atoms with Crippen LogP contribution in [0.3, 0.4) is 0 Å². The molecule has 0 saturated heterocycles. The summed E-state index contributed by atoms with van der Waals surface area (Å²) in [4.78, 5) is 10.3. The third-order valence-corrected chi connectivity index (χ3v) is 12.7. The van der Waals surface area contributed by atoms with E-state index in [1.165, 1.54) is 46.8 Å². The van der Waals surface area contributed by atoms with Crippen molar-refractivity contribution >= 4 is 42.8 Å². The van der Waals surface area contributed by atoms with Gasteiger partial charge in [0.1, 0.15) is 11.7 Å². The van der Waals surface area contributed by atoms with E-state index >= 15 is 0 Å². The molecule has 4 nitrogen and oxygen atoms in total. The molecule has 0 fully saturated rings. The van der Waals surface area contributed by atoms with Crippen molar-refractivity contribution in [3.05, 3.63) is 156 Å². The SMILES string of the molecule is C1=CC[I-]C(c2ccc(-c3ccc(C4=CC=C(C5=NC(C6C=CC=CC6)N=C(C6C=CC=CC6)N5)CC4)c4oc5ccccc5c34)cc2)=C1. The number of nitrogens with one attached hydrogen (secondary N) is 1. The molecule has 1 aromatic heterocycles. The van der Waals surface area contributed by atoms with Crippen LogP contribution in [0.5, 0.6) is 0 Å². The van der Waals surface area contributed by atoms with E-state index in [0.29, 0.717) is 0 Å². The molecular weight excluding hydrogens is 713 g/mol. The molecule has 2 aliphatic heterocycles. The van der Waals surface area contributed by atoms with Gasteiger partial charge in [-0.3, -0.25) is 0 Å². The molecule has 0 spiro atoms. The first-order chi connectivity index (χ1) is 24.3. The van der Waals surface area contributed by atoms with E-state index in [1.807, 2.05) is 0 Å². The van der Waals surface area contributed by atoms with Gasteiger partial charge in [0.2, 0.25) is 0 Å². The summed E-state index contributed by atoms with van der Waals surface area (Å²) < 4.78 is 9.40. The van der Waals surface area contributed by atoms with Crippen molar-refractivity contribution in [3.63, 3.8) is 0 Å². The number of amidine groups is 2. The normalized spacial score (nSPS) is 23.3. The fourth-order valence-electron chi connectivity index (χ4n) is 7.38. The van der Waals surface area contributed by atoms with Gasteiger partial charge >= 0.3 is 187 Å². The van der Waals surface area contributed by atoms with Crippen LogP contribution >= 0.6 is 0 Å². The summed E-state index contributed by atoms with van der Waals surface area (Å²) in [6, 6.07) is 22.2. The summed E-state index contributed by atoms with van der Waals surface area (Å²) in [6.07, 6.45) is 32.4. The zero-order chi connectivity index (χ0) is 32.6. The van der Waals surface area contributed by atoms with Gasteiger partial charge in [-0.2, -0.15) is 0 Å². The van der Waals surface area contributed by atoms with Gasteiger partial charge in [0.15, 0.2) is 6.17 Å². The first kappa shape index (κ1) is 30.3. The number of rotatable bonds is 6. The predicted octanol–water partition coefficient (Wildman–Crippen LogP) is 7.35. The molecule has 1 N–H and O–H groups in total. The summed E-state index contributed by atoms with van der Waals surface area (Å²) >= 11 is 0.0488. The van der Waals surface area contributed by atoms with E-state index in [2.05, 4.69) is 145 Å². The number of furan rings is 1. The van der Waals surface area contributed by atoms with Gasteiger partial charge in [0.25, 0.3) is 0 Å². The molecular formula is C44H37IN3O-. The predicted molar refractivity (Wildman–Crippen MR) is 201 cm³/mol. The van der Waals surface area contributed by atoms with Gasteiger partial charge in [-0.25, -0.2) is 9.98 Å². The fourth-order valence-corrected chi connectivity index (χ4v) is 9.66. The Bertz CT molecular complexity index is 2270. The zero-order valence-corrected chi connectivity index (χ0v) is 29.4. The second-order valence-corrected chi connectivity index (χ2v) is 15.9. The molecule has 0 bridgehead atoms. The number of halogens is 1. The number of alkyl halides is 1. The number of hydrogen-bond donors (Lipinski definition) is 1. The maximum atomic E-state index is 6.67. The third kappa shape index (κ3) is 5.95. The van der Waals surface area contributed by atoms with Crippen LogP contribution in [0.1, 0.15) is 36.8 Å². The molecule has 0 radical (unpaired) electrons. The molecule has 3 atom stereocenters. The van der Waals surface area contributed by atoms with E-state index in [-0.39, 0.29) is 39.2 Å². The maximum absolute atomic E-state index is 6.67. The number of fused-ring (bicyclic) bond motifs is 3. The van der Waals surface area contributed by atoms with Crippen LogP contribution in [0.4, 0.5) is 0 Å². The van der Waals surface area contributed by atoms with Crippen molar-refractivity contribution in [3.8, 4) is 11.1 Å². The molecule has 3 aliphatic carbocycles. The number of allylic oxidation sites excluding steroid dienone is 12. The van der Waals surface area contributed by atoms with Crippen LogP contribution in [-0.2, 0) is 0 Å². The molecule has 242 valence electrons. The molecule has 9 rings (SSSR count). The van der Waals surface area contributed by atoms with Gasteiger partial charge in [-0.15, -0.1) is 0 Å². The molecule has 49 heavy (non-hydrogen) atoms. The Kier molecular flexibility index (Phi) is 8.22. The molecule has 5 heteroatoms. The number of aliphatic imine (C=N–C) groups is 2. The van der Waals surface area contributed by atoms with Gasteiger partial charge in [0.05, 0.1) is 0 Å². The summed E-state index contributed by atoms with van der Waals surface area (Å²) in [6.45, 7) is 0. The molecule has 0 amide bonds. The number of nitrogens with zero attached hydrogens (tertiary/aromatic N) is 2. The van der Waals surface area contributed by atoms with Gasteiger partial charge < -0.3 is 5.32 Å². The number of benzene rings is 3. The Morgan fingerprint density at radius 1 is 0.694 bits per heavy atom. The van der Waals surface area contributed by atoms with Crippen LogP contribution in [-0.4, -0.2) is 22.3 Å². The molecule has 3 heterocycles. The average molecular weight is 751 g/mol. The summed E-state index contributed by atoms with van der Waals surface area (Å²) in [7, 11) is 0. The Morgan fingerprint density at radius 2 is 1.49 bits per heavy atom. The van der Waals surface area contributed by atoms with Crippen LogP contribution in [0.2, 0.25) is 0 Å². The Labute approximate surface area is 297 Å². The summed E-state index contributed by atoms with van der Waals surface area (Å²) in [5, 5.41) is 6.02. The first-order valence-corrected chi connectivity index (χ1v) is 19.9. The van der Waals surface area contributed by atoms with Crippen molar-refractivity contribution in [2.75, 3.05) is 4.43 Å². The topological polar surface area (TPSA) is 49.9 Å². The van der Waals surface area contributed by atoms with Crippen molar-refractivity contribution in [1.29, 1.82) is 0 Å². The minimum atomic E-state index is -0.118. The monoisotopic (exact) mass is 750 g/mol. The summed E-state index contributed by atoms with van der Waals surface area (Å²) in [5.74, 6) is 2.51. The summed E-state index contributed by atoms with van der Waals surface area (Å²) in [5.41, 5.74) is 9.37.